The second-order valence-corrected chi connectivity index (χ2v) is 4.34. The zero-order valence-electron chi connectivity index (χ0n) is 8.60. The van der Waals surface area contributed by atoms with Crippen LogP contribution in [0.25, 0.3) is 0 Å². The van der Waals surface area contributed by atoms with Gasteiger partial charge >= 0.3 is 5.97 Å². The van der Waals surface area contributed by atoms with Crippen molar-refractivity contribution in [2.45, 2.75) is 25.3 Å². The highest BCUT2D eigenvalue weighted by atomic mass is 32.2. The molecule has 1 fully saturated rings. The van der Waals surface area contributed by atoms with Gasteiger partial charge in [-0.2, -0.15) is 0 Å². The van der Waals surface area contributed by atoms with Crippen molar-refractivity contribution in [3.63, 3.8) is 0 Å². The van der Waals surface area contributed by atoms with Gasteiger partial charge in [0, 0.05) is 12.1 Å². The highest BCUT2D eigenvalue weighted by Crippen LogP contribution is 2.25. The van der Waals surface area contributed by atoms with Gasteiger partial charge in [0.25, 0.3) is 0 Å². The molecular formula is C10H15NO3S. The summed E-state index contributed by atoms with van der Waals surface area (Å²) in [7, 11) is 0. The first kappa shape index (κ1) is 12.1. The highest BCUT2D eigenvalue weighted by molar-refractivity contribution is 8.01. The van der Waals surface area contributed by atoms with E-state index in [1.54, 1.807) is 5.41 Å². The first-order valence-corrected chi connectivity index (χ1v) is 6.15. The van der Waals surface area contributed by atoms with Gasteiger partial charge in [-0.3, -0.25) is 9.59 Å². The Morgan fingerprint density at radius 2 is 2.20 bits per heavy atom. The van der Waals surface area contributed by atoms with Gasteiger partial charge < -0.3 is 10.4 Å². The molecule has 1 rings (SSSR count). The quantitative estimate of drug-likeness (QED) is 0.712. The van der Waals surface area contributed by atoms with Crippen molar-refractivity contribution in [1.29, 1.82) is 0 Å². The number of rotatable bonds is 4. The van der Waals surface area contributed by atoms with E-state index in [-0.39, 0.29) is 17.9 Å². The Hall–Kier alpha value is -0.970. The number of amides is 1. The van der Waals surface area contributed by atoms with Gasteiger partial charge in [0.2, 0.25) is 5.91 Å². The highest BCUT2D eigenvalue weighted by Gasteiger charge is 2.29. The summed E-state index contributed by atoms with van der Waals surface area (Å²) in [5.41, 5.74) is 0. The third-order valence-corrected chi connectivity index (χ3v) is 2.89. The molecule has 0 aliphatic heterocycles. The second-order valence-electron chi connectivity index (χ2n) is 3.59. The fourth-order valence-corrected chi connectivity index (χ4v) is 1.98. The zero-order chi connectivity index (χ0) is 11.3. The van der Waals surface area contributed by atoms with Crippen molar-refractivity contribution in [2.24, 2.45) is 5.92 Å². The molecule has 1 amide bonds. The van der Waals surface area contributed by atoms with Crippen molar-refractivity contribution < 1.29 is 14.7 Å². The van der Waals surface area contributed by atoms with Crippen LogP contribution < -0.4 is 5.32 Å². The van der Waals surface area contributed by atoms with E-state index in [2.05, 4.69) is 5.32 Å². The van der Waals surface area contributed by atoms with Crippen molar-refractivity contribution in [3.8, 4) is 0 Å². The number of aliphatic carboxylic acids is 1. The average Bonchev–Trinajstić information content (AvgIpc) is 2.63. The minimum atomic E-state index is -0.758. The fourth-order valence-electron chi connectivity index (χ4n) is 1.72. The minimum absolute atomic E-state index is 0.0186. The molecule has 0 spiro atoms. The molecule has 0 heterocycles. The summed E-state index contributed by atoms with van der Waals surface area (Å²) < 4.78 is 0. The third kappa shape index (κ3) is 3.95. The Kier molecular flexibility index (Phi) is 4.68. The standard InChI is InChI=1S/C10H15NO3S/c1-15-5-4-9(12)11-8-3-2-7(6-8)10(13)14/h4-5,7-8H,2-3,6H2,1H3,(H,11,12)(H,13,14)/b5-4+. The maximum atomic E-state index is 11.3. The van der Waals surface area contributed by atoms with Gasteiger partial charge in [-0.05, 0) is 30.9 Å². The maximum absolute atomic E-state index is 11.3. The smallest absolute Gasteiger partial charge is 0.306 e. The van der Waals surface area contributed by atoms with Gasteiger partial charge in [0.15, 0.2) is 0 Å². The Balaban J connectivity index is 2.33. The van der Waals surface area contributed by atoms with Crippen LogP contribution in [-0.2, 0) is 9.59 Å². The van der Waals surface area contributed by atoms with Gasteiger partial charge in [0.05, 0.1) is 5.92 Å². The predicted octanol–water partition coefficient (Wildman–Crippen LogP) is 1.23. The molecule has 0 radical (unpaired) electrons. The van der Waals surface area contributed by atoms with E-state index in [9.17, 15) is 9.59 Å². The lowest BCUT2D eigenvalue weighted by molar-refractivity contribution is -0.141. The van der Waals surface area contributed by atoms with Crippen LogP contribution in [0.3, 0.4) is 0 Å². The molecular weight excluding hydrogens is 214 g/mol. The molecule has 0 saturated heterocycles. The Bertz CT molecular complexity index is 278. The summed E-state index contributed by atoms with van der Waals surface area (Å²) in [6.07, 6.45) is 5.31. The van der Waals surface area contributed by atoms with E-state index in [0.717, 1.165) is 6.42 Å². The van der Waals surface area contributed by atoms with Gasteiger partial charge in [0.1, 0.15) is 0 Å². The van der Waals surface area contributed by atoms with E-state index in [0.29, 0.717) is 12.8 Å². The van der Waals surface area contributed by atoms with Crippen LogP contribution in [0, 0.1) is 5.92 Å². The number of hydrogen-bond acceptors (Lipinski definition) is 3. The molecule has 0 aromatic carbocycles. The molecule has 4 nitrogen and oxygen atoms in total. The van der Waals surface area contributed by atoms with E-state index < -0.39 is 5.97 Å². The molecule has 84 valence electrons. The lowest BCUT2D eigenvalue weighted by atomic mass is 10.1. The molecule has 1 aliphatic carbocycles. The molecule has 15 heavy (non-hydrogen) atoms. The summed E-state index contributed by atoms with van der Waals surface area (Å²) in [6, 6.07) is 0.0186. The van der Waals surface area contributed by atoms with E-state index >= 15 is 0 Å². The van der Waals surface area contributed by atoms with E-state index in [4.69, 9.17) is 5.11 Å². The van der Waals surface area contributed by atoms with E-state index in [1.807, 2.05) is 6.26 Å². The average molecular weight is 229 g/mol. The minimum Gasteiger partial charge on any atom is -0.481 e. The van der Waals surface area contributed by atoms with Gasteiger partial charge in [-0.1, -0.05) is 0 Å². The molecule has 1 aliphatic rings. The number of carbonyl (C=O) groups is 2. The molecule has 0 aromatic rings. The van der Waals surface area contributed by atoms with Crippen LogP contribution in [0.1, 0.15) is 19.3 Å². The predicted molar refractivity (Wildman–Crippen MR) is 59.6 cm³/mol. The molecule has 5 heteroatoms. The van der Waals surface area contributed by atoms with Crippen molar-refractivity contribution in [2.75, 3.05) is 6.26 Å². The second kappa shape index (κ2) is 5.80. The van der Waals surface area contributed by atoms with Crippen LogP contribution in [0.5, 0.6) is 0 Å². The number of carboxylic acids is 1. The Morgan fingerprint density at radius 3 is 2.73 bits per heavy atom. The molecule has 2 atom stereocenters. The van der Waals surface area contributed by atoms with Crippen molar-refractivity contribution in [3.05, 3.63) is 11.5 Å². The van der Waals surface area contributed by atoms with Crippen LogP contribution in [-0.4, -0.2) is 29.3 Å². The topological polar surface area (TPSA) is 66.4 Å². The largest absolute Gasteiger partial charge is 0.481 e. The summed E-state index contributed by atoms with van der Waals surface area (Å²) in [5, 5.41) is 13.3. The lowest BCUT2D eigenvalue weighted by Crippen LogP contribution is -2.31. The number of hydrogen-bond donors (Lipinski definition) is 2. The number of carbonyl (C=O) groups excluding carboxylic acids is 1. The normalized spacial score (nSPS) is 25.7. The van der Waals surface area contributed by atoms with Crippen molar-refractivity contribution >= 4 is 23.6 Å². The monoisotopic (exact) mass is 229 g/mol. The number of thioether (sulfide) groups is 1. The van der Waals surface area contributed by atoms with Crippen molar-refractivity contribution in [1.82, 2.24) is 5.32 Å². The van der Waals surface area contributed by atoms with Crippen LogP contribution in [0.2, 0.25) is 0 Å². The summed E-state index contributed by atoms with van der Waals surface area (Å²) in [4.78, 5) is 22.0. The lowest BCUT2D eigenvalue weighted by Gasteiger charge is -2.09. The van der Waals surface area contributed by atoms with E-state index in [1.165, 1.54) is 17.8 Å². The van der Waals surface area contributed by atoms with Crippen LogP contribution >= 0.6 is 11.8 Å². The Labute approximate surface area is 93.1 Å². The molecule has 1 saturated carbocycles. The van der Waals surface area contributed by atoms with Crippen LogP contribution in [0.4, 0.5) is 0 Å². The summed E-state index contributed by atoms with van der Waals surface area (Å²) in [5.74, 6) is -1.19. The van der Waals surface area contributed by atoms with Gasteiger partial charge in [-0.15, -0.1) is 11.8 Å². The molecule has 0 bridgehead atoms. The first-order valence-electron chi connectivity index (χ1n) is 4.86. The molecule has 0 aromatic heterocycles. The maximum Gasteiger partial charge on any atom is 0.306 e. The molecule has 2 N–H and O–H groups in total. The number of nitrogens with one attached hydrogen (secondary N) is 1. The first-order chi connectivity index (χ1) is 7.13. The summed E-state index contributed by atoms with van der Waals surface area (Å²) >= 11 is 1.46. The molecule has 2 unspecified atom stereocenters. The summed E-state index contributed by atoms with van der Waals surface area (Å²) in [6.45, 7) is 0. The Morgan fingerprint density at radius 1 is 1.47 bits per heavy atom. The number of carboxylic acid groups (broad SMARTS) is 1. The van der Waals surface area contributed by atoms with Crippen LogP contribution in [0.15, 0.2) is 11.5 Å². The SMILES string of the molecule is CS/C=C/C(=O)NC1CCC(C(=O)O)C1. The fraction of sp³-hybridized carbons (Fsp3) is 0.600. The third-order valence-electron chi connectivity index (χ3n) is 2.48. The van der Waals surface area contributed by atoms with Gasteiger partial charge in [-0.25, -0.2) is 0 Å². The zero-order valence-corrected chi connectivity index (χ0v) is 9.42.